The highest BCUT2D eigenvalue weighted by Crippen LogP contribution is 2.34. The van der Waals surface area contributed by atoms with Crippen LogP contribution in [0.25, 0.3) is 0 Å². The maximum Gasteiger partial charge on any atom is 0.417 e. The number of anilines is 1. The molecule has 0 aromatic heterocycles. The molecule has 20 heavy (non-hydrogen) atoms. The van der Waals surface area contributed by atoms with E-state index in [-0.39, 0.29) is 11.7 Å². The third-order valence-corrected chi connectivity index (χ3v) is 3.25. The molecule has 6 heteroatoms. The molecule has 0 aliphatic carbocycles. The molecule has 1 heterocycles. The lowest BCUT2D eigenvalue weighted by Gasteiger charge is -2.25. The van der Waals surface area contributed by atoms with Crippen LogP contribution in [-0.2, 0) is 10.9 Å². The summed E-state index contributed by atoms with van der Waals surface area (Å²) in [7, 11) is 0. The topological polar surface area (TPSA) is 36.3 Å². The zero-order valence-corrected chi connectivity index (χ0v) is 11.1. The predicted octanol–water partition coefficient (Wildman–Crippen LogP) is 3.19. The van der Waals surface area contributed by atoms with E-state index < -0.39 is 11.7 Å². The molecule has 0 radical (unpaired) electrons. The van der Waals surface area contributed by atoms with Gasteiger partial charge in [0.2, 0.25) is 0 Å². The highest BCUT2D eigenvalue weighted by molar-refractivity contribution is 5.55. The minimum absolute atomic E-state index is 0.0188. The monoisotopic (exact) mass is 284 g/mol. The van der Waals surface area contributed by atoms with Crippen molar-refractivity contribution in [2.45, 2.75) is 25.6 Å². The minimum Gasteiger partial charge on any atom is -0.377 e. The molecule has 1 aliphatic heterocycles. The third-order valence-electron chi connectivity index (χ3n) is 3.25. The molecule has 1 fully saturated rings. The van der Waals surface area contributed by atoms with Gasteiger partial charge in [-0.1, -0.05) is 0 Å². The molecule has 3 nitrogen and oxygen atoms in total. The summed E-state index contributed by atoms with van der Waals surface area (Å²) in [6.07, 6.45) is -3.67. The first-order chi connectivity index (χ1) is 9.41. The third kappa shape index (κ3) is 3.23. The average Bonchev–Trinajstić information content (AvgIpc) is 2.61. The average molecular weight is 284 g/mol. The minimum atomic E-state index is -4.50. The number of hydrogen-bond donors (Lipinski definition) is 0. The number of nitrogens with zero attached hydrogens (tertiary/aromatic N) is 2. The van der Waals surface area contributed by atoms with Crippen LogP contribution in [0.5, 0.6) is 0 Å². The number of nitriles is 1. The number of alkyl halides is 3. The summed E-state index contributed by atoms with van der Waals surface area (Å²) < 4.78 is 43.8. The largest absolute Gasteiger partial charge is 0.417 e. The Morgan fingerprint density at radius 1 is 1.40 bits per heavy atom. The fraction of sp³-hybridized carbons (Fsp3) is 0.500. The maximum absolute atomic E-state index is 12.8. The van der Waals surface area contributed by atoms with E-state index in [0.29, 0.717) is 25.4 Å². The lowest BCUT2D eigenvalue weighted by molar-refractivity contribution is -0.137. The molecule has 0 saturated carbocycles. The van der Waals surface area contributed by atoms with Gasteiger partial charge in [-0.3, -0.25) is 0 Å². The van der Waals surface area contributed by atoms with E-state index in [2.05, 4.69) is 0 Å². The van der Waals surface area contributed by atoms with Crippen molar-refractivity contribution in [3.8, 4) is 6.07 Å². The second-order valence-electron chi connectivity index (χ2n) is 4.82. The van der Waals surface area contributed by atoms with E-state index in [1.165, 1.54) is 12.1 Å². The molecule has 1 aromatic carbocycles. The van der Waals surface area contributed by atoms with Crippen LogP contribution in [-0.4, -0.2) is 25.8 Å². The van der Waals surface area contributed by atoms with Crippen molar-refractivity contribution in [2.75, 3.05) is 24.6 Å². The van der Waals surface area contributed by atoms with Crippen molar-refractivity contribution < 1.29 is 17.9 Å². The molecule has 2 rings (SSSR count). The first-order valence-electron chi connectivity index (χ1n) is 6.39. The standard InChI is InChI=1S/C14H15F3N2O/c1-10-9-19(5-2-6-20-10)12-3-4-13(14(15,16)17)11(7-12)8-18/h3-4,7,10H,2,5-6,9H2,1H3. The molecule has 108 valence electrons. The van der Waals surface area contributed by atoms with Crippen LogP contribution in [0.4, 0.5) is 18.9 Å². The summed E-state index contributed by atoms with van der Waals surface area (Å²) in [6.45, 7) is 3.88. The highest BCUT2D eigenvalue weighted by Gasteiger charge is 2.33. The van der Waals surface area contributed by atoms with Gasteiger partial charge in [0.15, 0.2) is 0 Å². The van der Waals surface area contributed by atoms with E-state index >= 15 is 0 Å². The Morgan fingerprint density at radius 2 is 2.15 bits per heavy atom. The van der Waals surface area contributed by atoms with Crippen molar-refractivity contribution in [1.29, 1.82) is 5.26 Å². The number of rotatable bonds is 1. The SMILES string of the molecule is CC1CN(c2ccc(C(F)(F)F)c(C#N)c2)CCCO1. The lowest BCUT2D eigenvalue weighted by Crippen LogP contribution is -2.30. The summed E-state index contributed by atoms with van der Waals surface area (Å²) in [4.78, 5) is 1.96. The summed E-state index contributed by atoms with van der Waals surface area (Å²) >= 11 is 0. The molecule has 1 unspecified atom stereocenters. The predicted molar refractivity (Wildman–Crippen MR) is 68.4 cm³/mol. The van der Waals surface area contributed by atoms with Gasteiger partial charge < -0.3 is 9.64 Å². The van der Waals surface area contributed by atoms with E-state index in [1.807, 2.05) is 11.8 Å². The highest BCUT2D eigenvalue weighted by atomic mass is 19.4. The smallest absolute Gasteiger partial charge is 0.377 e. The molecular formula is C14H15F3N2O. The zero-order chi connectivity index (χ0) is 14.8. The Morgan fingerprint density at radius 3 is 2.80 bits per heavy atom. The first kappa shape index (κ1) is 14.7. The van der Waals surface area contributed by atoms with Crippen LogP contribution < -0.4 is 4.90 Å². The maximum atomic E-state index is 12.8. The molecule has 1 atom stereocenters. The van der Waals surface area contributed by atoms with Crippen LogP contribution in [0.2, 0.25) is 0 Å². The van der Waals surface area contributed by atoms with Crippen molar-refractivity contribution in [1.82, 2.24) is 0 Å². The van der Waals surface area contributed by atoms with Gasteiger partial charge in [0, 0.05) is 25.4 Å². The number of hydrogen-bond acceptors (Lipinski definition) is 3. The Labute approximate surface area is 115 Å². The molecule has 0 amide bonds. The fourth-order valence-corrected chi connectivity index (χ4v) is 2.30. The fourth-order valence-electron chi connectivity index (χ4n) is 2.30. The molecule has 0 N–H and O–H groups in total. The Bertz CT molecular complexity index is 522. The molecule has 1 aliphatic rings. The lowest BCUT2D eigenvalue weighted by atomic mass is 10.1. The molecule has 1 saturated heterocycles. The molecule has 0 spiro atoms. The summed E-state index contributed by atoms with van der Waals surface area (Å²) in [5.41, 5.74) is -0.595. The number of benzene rings is 1. The Balaban J connectivity index is 2.32. The molecular weight excluding hydrogens is 269 g/mol. The quantitative estimate of drug-likeness (QED) is 0.794. The van der Waals surface area contributed by atoms with E-state index in [4.69, 9.17) is 10.00 Å². The number of ether oxygens (including phenoxy) is 1. The van der Waals surface area contributed by atoms with Crippen LogP contribution in [0.3, 0.4) is 0 Å². The second-order valence-corrected chi connectivity index (χ2v) is 4.82. The van der Waals surface area contributed by atoms with Gasteiger partial charge in [0.1, 0.15) is 0 Å². The first-order valence-corrected chi connectivity index (χ1v) is 6.39. The Kier molecular flexibility index (Phi) is 4.19. The Hall–Kier alpha value is -1.74. The van der Waals surface area contributed by atoms with E-state index in [0.717, 1.165) is 12.5 Å². The van der Waals surface area contributed by atoms with Crippen LogP contribution in [0, 0.1) is 11.3 Å². The van der Waals surface area contributed by atoms with Gasteiger partial charge in [-0.15, -0.1) is 0 Å². The van der Waals surface area contributed by atoms with Gasteiger partial charge in [0.25, 0.3) is 0 Å². The van der Waals surface area contributed by atoms with E-state index in [9.17, 15) is 13.2 Å². The second kappa shape index (κ2) is 5.71. The van der Waals surface area contributed by atoms with Crippen molar-refractivity contribution in [3.05, 3.63) is 29.3 Å². The van der Waals surface area contributed by atoms with Gasteiger partial charge >= 0.3 is 6.18 Å². The summed E-state index contributed by atoms with van der Waals surface area (Å²) in [5.74, 6) is 0. The van der Waals surface area contributed by atoms with Gasteiger partial charge in [-0.2, -0.15) is 18.4 Å². The van der Waals surface area contributed by atoms with Crippen LogP contribution in [0.1, 0.15) is 24.5 Å². The van der Waals surface area contributed by atoms with E-state index in [1.54, 1.807) is 6.07 Å². The van der Waals surface area contributed by atoms with Crippen LogP contribution in [0.15, 0.2) is 18.2 Å². The van der Waals surface area contributed by atoms with Crippen molar-refractivity contribution in [2.24, 2.45) is 0 Å². The van der Waals surface area contributed by atoms with Crippen molar-refractivity contribution >= 4 is 5.69 Å². The molecule has 0 bridgehead atoms. The normalized spacial score (nSPS) is 20.4. The van der Waals surface area contributed by atoms with Gasteiger partial charge in [0.05, 0.1) is 23.3 Å². The number of halogens is 3. The zero-order valence-electron chi connectivity index (χ0n) is 11.1. The van der Waals surface area contributed by atoms with Gasteiger partial charge in [-0.05, 0) is 31.5 Å². The van der Waals surface area contributed by atoms with Crippen LogP contribution >= 0.6 is 0 Å². The molecule has 1 aromatic rings. The summed E-state index contributed by atoms with van der Waals surface area (Å²) in [6, 6.07) is 5.33. The van der Waals surface area contributed by atoms with Gasteiger partial charge in [-0.25, -0.2) is 0 Å². The summed E-state index contributed by atoms with van der Waals surface area (Å²) in [5, 5.41) is 8.92. The van der Waals surface area contributed by atoms with Crippen molar-refractivity contribution in [3.63, 3.8) is 0 Å².